The molecule has 1 aromatic rings. The topological polar surface area (TPSA) is 77.2 Å². The highest BCUT2D eigenvalue weighted by molar-refractivity contribution is 7.99. The minimum atomic E-state index is -0.872. The van der Waals surface area contributed by atoms with Gasteiger partial charge in [-0.1, -0.05) is 16.9 Å². The van der Waals surface area contributed by atoms with Crippen molar-refractivity contribution in [1.29, 1.82) is 0 Å². The lowest BCUT2D eigenvalue weighted by atomic mass is 10.7. The van der Waals surface area contributed by atoms with E-state index in [-0.39, 0.29) is 5.75 Å². The minimum Gasteiger partial charge on any atom is -0.481 e. The van der Waals surface area contributed by atoms with Crippen LogP contribution in [0.4, 0.5) is 0 Å². The van der Waals surface area contributed by atoms with Crippen LogP contribution in [0.15, 0.2) is 5.16 Å². The Morgan fingerprint density at radius 2 is 2.27 bits per heavy atom. The Hall–Kier alpha value is -1.24. The first kappa shape index (κ1) is 11.8. The summed E-state index contributed by atoms with van der Waals surface area (Å²) in [4.78, 5) is 10.4. The van der Waals surface area contributed by atoms with E-state index >= 15 is 0 Å². The van der Waals surface area contributed by atoms with Crippen molar-refractivity contribution in [2.45, 2.75) is 25.5 Å². The first-order valence-electron chi connectivity index (χ1n) is 4.59. The van der Waals surface area contributed by atoms with Gasteiger partial charge >= 0.3 is 12.0 Å². The molecule has 0 aliphatic heterocycles. The van der Waals surface area contributed by atoms with Gasteiger partial charge in [-0.05, 0) is 13.8 Å². The fourth-order valence-electron chi connectivity index (χ4n) is 1.01. The zero-order chi connectivity index (χ0) is 11.3. The molecule has 15 heavy (non-hydrogen) atoms. The van der Waals surface area contributed by atoms with Crippen LogP contribution in [0.1, 0.15) is 13.8 Å². The Balaban J connectivity index is 2.74. The molecule has 1 N–H and O–H groups in total. The van der Waals surface area contributed by atoms with Gasteiger partial charge in [0.05, 0.1) is 12.4 Å². The summed E-state index contributed by atoms with van der Waals surface area (Å²) in [5.41, 5.74) is 0. The number of rotatable bonds is 6. The molecule has 0 aromatic carbocycles. The molecule has 0 aliphatic carbocycles. The first-order valence-corrected chi connectivity index (χ1v) is 5.58. The Morgan fingerprint density at radius 3 is 2.80 bits per heavy atom. The maximum atomic E-state index is 10.4. The largest absolute Gasteiger partial charge is 0.481 e. The third-order valence-electron chi connectivity index (χ3n) is 1.60. The Labute approximate surface area is 91.6 Å². The minimum absolute atomic E-state index is 0.0236. The Bertz CT molecular complexity index is 340. The van der Waals surface area contributed by atoms with Crippen LogP contribution < -0.4 is 4.74 Å². The molecule has 0 unspecified atom stereocenters. The third kappa shape index (κ3) is 3.12. The van der Waals surface area contributed by atoms with Gasteiger partial charge in [-0.15, -0.1) is 5.10 Å². The van der Waals surface area contributed by atoms with Crippen LogP contribution in [-0.4, -0.2) is 38.2 Å². The lowest BCUT2D eigenvalue weighted by Crippen LogP contribution is -2.05. The summed E-state index contributed by atoms with van der Waals surface area (Å²) in [7, 11) is 0. The van der Waals surface area contributed by atoms with Gasteiger partial charge in [-0.25, -0.2) is 0 Å². The van der Waals surface area contributed by atoms with Gasteiger partial charge in [0.15, 0.2) is 5.16 Å². The van der Waals surface area contributed by atoms with E-state index in [1.165, 1.54) is 0 Å². The van der Waals surface area contributed by atoms with Gasteiger partial charge in [0.25, 0.3) is 0 Å². The second-order valence-electron chi connectivity index (χ2n) is 2.62. The van der Waals surface area contributed by atoms with Crippen molar-refractivity contribution in [3.63, 3.8) is 0 Å². The summed E-state index contributed by atoms with van der Waals surface area (Å²) in [6, 6.07) is 0.438. The zero-order valence-electron chi connectivity index (χ0n) is 8.63. The number of hydrogen-bond acceptors (Lipinski definition) is 5. The molecule has 6 nitrogen and oxygen atoms in total. The second-order valence-corrected chi connectivity index (χ2v) is 3.57. The van der Waals surface area contributed by atoms with E-state index in [0.29, 0.717) is 24.3 Å². The summed E-state index contributed by atoms with van der Waals surface area (Å²) in [5.74, 6) is -0.895. The SMILES string of the molecule is CCOc1nnc(SCC(=O)O)n1CC. The third-order valence-corrected chi connectivity index (χ3v) is 2.55. The van der Waals surface area contributed by atoms with E-state index in [1.54, 1.807) is 4.57 Å². The number of aliphatic carboxylic acids is 1. The van der Waals surface area contributed by atoms with Crippen molar-refractivity contribution in [2.75, 3.05) is 12.4 Å². The number of hydrogen-bond donors (Lipinski definition) is 1. The van der Waals surface area contributed by atoms with Crippen LogP contribution in [0, 0.1) is 0 Å². The fraction of sp³-hybridized carbons (Fsp3) is 0.625. The normalized spacial score (nSPS) is 10.3. The quantitative estimate of drug-likeness (QED) is 0.732. The van der Waals surface area contributed by atoms with E-state index in [4.69, 9.17) is 9.84 Å². The summed E-state index contributed by atoms with van der Waals surface area (Å²) in [5, 5.41) is 16.8. The maximum Gasteiger partial charge on any atom is 0.317 e. The molecule has 0 saturated carbocycles. The highest BCUT2D eigenvalue weighted by atomic mass is 32.2. The van der Waals surface area contributed by atoms with Crippen molar-refractivity contribution < 1.29 is 14.6 Å². The molecule has 1 heterocycles. The number of ether oxygens (including phenoxy) is 1. The van der Waals surface area contributed by atoms with E-state index in [0.717, 1.165) is 11.8 Å². The summed E-state index contributed by atoms with van der Waals surface area (Å²) in [6.45, 7) is 4.96. The predicted octanol–water partition coefficient (Wildman–Crippen LogP) is 0.873. The van der Waals surface area contributed by atoms with Crippen LogP contribution in [0.5, 0.6) is 6.01 Å². The number of nitrogens with zero attached hydrogens (tertiary/aromatic N) is 3. The molecule has 0 bridgehead atoms. The van der Waals surface area contributed by atoms with Crippen molar-refractivity contribution >= 4 is 17.7 Å². The summed E-state index contributed by atoms with van der Waals surface area (Å²) in [6.07, 6.45) is 0. The van der Waals surface area contributed by atoms with Crippen LogP contribution in [0.25, 0.3) is 0 Å². The molecule has 7 heteroatoms. The second kappa shape index (κ2) is 5.59. The van der Waals surface area contributed by atoms with Crippen molar-refractivity contribution in [1.82, 2.24) is 14.8 Å². The smallest absolute Gasteiger partial charge is 0.317 e. The van der Waals surface area contributed by atoms with Crippen LogP contribution in [0.3, 0.4) is 0 Å². The number of aromatic nitrogens is 3. The van der Waals surface area contributed by atoms with Gasteiger partial charge in [0.2, 0.25) is 0 Å². The fourth-order valence-corrected chi connectivity index (χ4v) is 1.73. The average Bonchev–Trinajstić information content (AvgIpc) is 2.58. The average molecular weight is 231 g/mol. The molecular formula is C8H13N3O3S. The van der Waals surface area contributed by atoms with Gasteiger partial charge in [0, 0.05) is 6.54 Å². The molecule has 84 valence electrons. The molecule has 1 rings (SSSR count). The summed E-state index contributed by atoms with van der Waals surface area (Å²) < 4.78 is 6.99. The molecule has 0 radical (unpaired) electrons. The zero-order valence-corrected chi connectivity index (χ0v) is 9.45. The summed E-state index contributed by atoms with van der Waals surface area (Å²) >= 11 is 1.14. The first-order chi connectivity index (χ1) is 7.19. The van der Waals surface area contributed by atoms with E-state index in [2.05, 4.69) is 10.2 Å². The van der Waals surface area contributed by atoms with Crippen LogP contribution in [-0.2, 0) is 11.3 Å². The van der Waals surface area contributed by atoms with Crippen molar-refractivity contribution in [3.8, 4) is 6.01 Å². The lowest BCUT2D eigenvalue weighted by molar-refractivity contribution is -0.133. The molecule has 0 saturated heterocycles. The maximum absolute atomic E-state index is 10.4. The standard InChI is InChI=1S/C8H13N3O3S/c1-3-11-7(14-4-2)9-10-8(11)15-5-6(12)13/h3-5H2,1-2H3,(H,12,13). The number of carboxylic acids is 1. The molecule has 0 atom stereocenters. The van der Waals surface area contributed by atoms with Crippen molar-refractivity contribution in [2.24, 2.45) is 0 Å². The molecule has 0 fully saturated rings. The van der Waals surface area contributed by atoms with Crippen LogP contribution >= 0.6 is 11.8 Å². The monoisotopic (exact) mass is 231 g/mol. The van der Waals surface area contributed by atoms with Crippen molar-refractivity contribution in [3.05, 3.63) is 0 Å². The highest BCUT2D eigenvalue weighted by Gasteiger charge is 2.12. The van der Waals surface area contributed by atoms with Crippen LogP contribution in [0.2, 0.25) is 0 Å². The van der Waals surface area contributed by atoms with E-state index in [9.17, 15) is 4.79 Å². The van der Waals surface area contributed by atoms with E-state index < -0.39 is 5.97 Å². The molecule has 0 spiro atoms. The van der Waals surface area contributed by atoms with Gasteiger partial charge in [-0.3, -0.25) is 9.36 Å². The molecule has 0 aliphatic rings. The number of carbonyl (C=O) groups is 1. The number of thioether (sulfide) groups is 1. The molecular weight excluding hydrogens is 218 g/mol. The lowest BCUT2D eigenvalue weighted by Gasteiger charge is -2.05. The van der Waals surface area contributed by atoms with Gasteiger partial charge in [-0.2, -0.15) is 0 Å². The van der Waals surface area contributed by atoms with Gasteiger partial charge < -0.3 is 9.84 Å². The Morgan fingerprint density at radius 1 is 1.53 bits per heavy atom. The Kier molecular flexibility index (Phi) is 4.41. The highest BCUT2D eigenvalue weighted by Crippen LogP contribution is 2.20. The molecule has 1 aromatic heterocycles. The van der Waals surface area contributed by atoms with E-state index in [1.807, 2.05) is 13.8 Å². The predicted molar refractivity (Wildman–Crippen MR) is 55.2 cm³/mol. The van der Waals surface area contributed by atoms with Gasteiger partial charge in [0.1, 0.15) is 0 Å². The molecule has 0 amide bonds. The number of carboxylic acid groups (broad SMARTS) is 1.